The monoisotopic (exact) mass is 221 g/mol. The molecule has 80 valence electrons. The maximum absolute atomic E-state index is 9.47. The standard InChI is InChI=1S/C12H15NOS/c1-3-13-7-9(8-15-2)11-5-4-10(14)6-12(11)13/h4-7,14H,3,8H2,1-2H3. The maximum Gasteiger partial charge on any atom is 0.117 e. The predicted octanol–water partition coefficient (Wildman–Crippen LogP) is 3.23. The molecule has 0 saturated carbocycles. The van der Waals surface area contributed by atoms with Crippen molar-refractivity contribution in [3.63, 3.8) is 0 Å². The van der Waals surface area contributed by atoms with E-state index in [2.05, 4.69) is 23.9 Å². The molecule has 0 fully saturated rings. The molecule has 15 heavy (non-hydrogen) atoms. The third-order valence-electron chi connectivity index (χ3n) is 2.59. The lowest BCUT2D eigenvalue weighted by Crippen LogP contribution is -1.89. The molecule has 0 unspecified atom stereocenters. The number of aromatic hydroxyl groups is 1. The third-order valence-corrected chi connectivity index (χ3v) is 3.19. The first kappa shape index (κ1) is 10.4. The van der Waals surface area contributed by atoms with E-state index in [1.807, 2.05) is 23.9 Å². The second kappa shape index (κ2) is 4.19. The van der Waals surface area contributed by atoms with Gasteiger partial charge in [0, 0.05) is 29.9 Å². The maximum atomic E-state index is 9.47. The summed E-state index contributed by atoms with van der Waals surface area (Å²) in [6.07, 6.45) is 4.29. The highest BCUT2D eigenvalue weighted by molar-refractivity contribution is 7.97. The zero-order chi connectivity index (χ0) is 10.8. The Hall–Kier alpha value is -1.09. The van der Waals surface area contributed by atoms with E-state index >= 15 is 0 Å². The molecule has 1 heterocycles. The van der Waals surface area contributed by atoms with Crippen LogP contribution in [0.1, 0.15) is 12.5 Å². The molecule has 0 radical (unpaired) electrons. The van der Waals surface area contributed by atoms with E-state index in [0.717, 1.165) is 17.8 Å². The smallest absolute Gasteiger partial charge is 0.117 e. The van der Waals surface area contributed by atoms with Gasteiger partial charge in [-0.1, -0.05) is 0 Å². The van der Waals surface area contributed by atoms with E-state index in [1.165, 1.54) is 10.9 Å². The molecular formula is C12H15NOS. The van der Waals surface area contributed by atoms with Gasteiger partial charge in [-0.2, -0.15) is 11.8 Å². The fourth-order valence-corrected chi connectivity index (χ4v) is 2.43. The number of phenols is 1. The Labute approximate surface area is 93.9 Å². The quantitative estimate of drug-likeness (QED) is 0.860. The molecule has 0 amide bonds. The lowest BCUT2D eigenvalue weighted by molar-refractivity contribution is 0.476. The third kappa shape index (κ3) is 1.84. The van der Waals surface area contributed by atoms with E-state index < -0.39 is 0 Å². The molecule has 1 aromatic carbocycles. The van der Waals surface area contributed by atoms with Gasteiger partial charge in [-0.25, -0.2) is 0 Å². The summed E-state index contributed by atoms with van der Waals surface area (Å²) in [5.41, 5.74) is 2.47. The minimum Gasteiger partial charge on any atom is -0.508 e. The van der Waals surface area contributed by atoms with Gasteiger partial charge in [0.25, 0.3) is 0 Å². The molecule has 2 rings (SSSR count). The van der Waals surface area contributed by atoms with Crippen LogP contribution in [0.25, 0.3) is 10.9 Å². The van der Waals surface area contributed by atoms with Gasteiger partial charge in [0.15, 0.2) is 0 Å². The van der Waals surface area contributed by atoms with Crippen LogP contribution in [0.2, 0.25) is 0 Å². The van der Waals surface area contributed by atoms with Crippen LogP contribution in [0, 0.1) is 0 Å². The highest BCUT2D eigenvalue weighted by Gasteiger charge is 2.07. The van der Waals surface area contributed by atoms with Crippen LogP contribution >= 0.6 is 11.8 Å². The fraction of sp³-hybridized carbons (Fsp3) is 0.333. The first-order chi connectivity index (χ1) is 7.26. The number of benzene rings is 1. The average Bonchev–Trinajstić information content (AvgIpc) is 2.56. The lowest BCUT2D eigenvalue weighted by Gasteiger charge is -2.00. The topological polar surface area (TPSA) is 25.2 Å². The molecule has 0 aliphatic rings. The first-order valence-corrected chi connectivity index (χ1v) is 6.45. The Morgan fingerprint density at radius 1 is 1.40 bits per heavy atom. The summed E-state index contributed by atoms with van der Waals surface area (Å²) in [7, 11) is 0. The van der Waals surface area contributed by atoms with Gasteiger partial charge in [-0.3, -0.25) is 0 Å². The van der Waals surface area contributed by atoms with Crippen LogP contribution < -0.4 is 0 Å². The Morgan fingerprint density at radius 2 is 2.20 bits per heavy atom. The Balaban J connectivity index is 2.64. The van der Waals surface area contributed by atoms with Crippen molar-refractivity contribution in [1.82, 2.24) is 4.57 Å². The van der Waals surface area contributed by atoms with Gasteiger partial charge >= 0.3 is 0 Å². The number of hydrogen-bond acceptors (Lipinski definition) is 2. The van der Waals surface area contributed by atoms with Gasteiger partial charge in [0.2, 0.25) is 0 Å². The molecule has 2 nitrogen and oxygen atoms in total. The van der Waals surface area contributed by atoms with Gasteiger partial charge in [-0.05, 0) is 30.9 Å². The summed E-state index contributed by atoms with van der Waals surface area (Å²) >= 11 is 1.82. The number of thioether (sulfide) groups is 1. The summed E-state index contributed by atoms with van der Waals surface area (Å²) in [4.78, 5) is 0. The van der Waals surface area contributed by atoms with Crippen LogP contribution in [-0.2, 0) is 12.3 Å². The van der Waals surface area contributed by atoms with E-state index in [4.69, 9.17) is 0 Å². The minimum absolute atomic E-state index is 0.339. The second-order valence-corrected chi connectivity index (χ2v) is 4.44. The van der Waals surface area contributed by atoms with E-state index in [1.54, 1.807) is 6.07 Å². The number of hydrogen-bond donors (Lipinski definition) is 1. The number of fused-ring (bicyclic) bond motifs is 1. The summed E-state index contributed by atoms with van der Waals surface area (Å²) in [5.74, 6) is 1.36. The normalized spacial score (nSPS) is 11.1. The molecule has 2 aromatic rings. The number of rotatable bonds is 3. The molecule has 1 N–H and O–H groups in total. The summed E-state index contributed by atoms with van der Waals surface area (Å²) < 4.78 is 2.18. The average molecular weight is 221 g/mol. The van der Waals surface area contributed by atoms with Crippen molar-refractivity contribution in [3.05, 3.63) is 30.0 Å². The van der Waals surface area contributed by atoms with E-state index in [0.29, 0.717) is 5.75 Å². The predicted molar refractivity (Wildman–Crippen MR) is 66.5 cm³/mol. The number of aryl methyl sites for hydroxylation is 1. The second-order valence-electron chi connectivity index (χ2n) is 3.57. The fourth-order valence-electron chi connectivity index (χ4n) is 1.89. The van der Waals surface area contributed by atoms with Crippen LogP contribution in [0.4, 0.5) is 0 Å². The SMILES string of the molecule is CCn1cc(CSC)c2ccc(O)cc21. The molecule has 1 aromatic heterocycles. The Morgan fingerprint density at radius 3 is 2.87 bits per heavy atom. The van der Waals surface area contributed by atoms with Gasteiger partial charge in [-0.15, -0.1) is 0 Å². The highest BCUT2D eigenvalue weighted by Crippen LogP contribution is 2.27. The highest BCUT2D eigenvalue weighted by atomic mass is 32.2. The van der Waals surface area contributed by atoms with Crippen molar-refractivity contribution in [3.8, 4) is 5.75 Å². The molecule has 0 aliphatic heterocycles. The van der Waals surface area contributed by atoms with Crippen LogP contribution in [0.15, 0.2) is 24.4 Å². The molecule has 0 aliphatic carbocycles. The van der Waals surface area contributed by atoms with E-state index in [-0.39, 0.29) is 0 Å². The summed E-state index contributed by atoms with van der Waals surface area (Å²) in [6, 6.07) is 5.59. The first-order valence-electron chi connectivity index (χ1n) is 5.06. The number of phenolic OH excluding ortho intramolecular Hbond substituents is 1. The van der Waals surface area contributed by atoms with Gasteiger partial charge < -0.3 is 9.67 Å². The number of aromatic nitrogens is 1. The van der Waals surface area contributed by atoms with Gasteiger partial charge in [0.1, 0.15) is 5.75 Å². The Kier molecular flexibility index (Phi) is 2.91. The number of nitrogens with zero attached hydrogens (tertiary/aromatic N) is 1. The summed E-state index contributed by atoms with van der Waals surface area (Å²) in [5, 5.41) is 10.7. The van der Waals surface area contributed by atoms with Crippen molar-refractivity contribution in [1.29, 1.82) is 0 Å². The molecule has 0 atom stereocenters. The van der Waals surface area contributed by atoms with Crippen molar-refractivity contribution < 1.29 is 5.11 Å². The van der Waals surface area contributed by atoms with Gasteiger partial charge in [0.05, 0.1) is 5.52 Å². The lowest BCUT2D eigenvalue weighted by atomic mass is 10.2. The molecule has 0 spiro atoms. The zero-order valence-corrected chi connectivity index (χ0v) is 9.84. The van der Waals surface area contributed by atoms with Crippen LogP contribution in [-0.4, -0.2) is 15.9 Å². The Bertz CT molecular complexity index is 476. The molecule has 0 saturated heterocycles. The van der Waals surface area contributed by atoms with Crippen LogP contribution in [0.3, 0.4) is 0 Å². The van der Waals surface area contributed by atoms with Crippen molar-refractivity contribution >= 4 is 22.7 Å². The molecule has 3 heteroatoms. The summed E-state index contributed by atoms with van der Waals surface area (Å²) in [6.45, 7) is 3.06. The molecule has 0 bridgehead atoms. The van der Waals surface area contributed by atoms with Crippen molar-refractivity contribution in [2.45, 2.75) is 19.2 Å². The molecular weight excluding hydrogens is 206 g/mol. The zero-order valence-electron chi connectivity index (χ0n) is 9.03. The van der Waals surface area contributed by atoms with E-state index in [9.17, 15) is 5.11 Å². The minimum atomic E-state index is 0.339. The van der Waals surface area contributed by atoms with Crippen molar-refractivity contribution in [2.75, 3.05) is 6.26 Å². The van der Waals surface area contributed by atoms with Crippen molar-refractivity contribution in [2.24, 2.45) is 0 Å². The van der Waals surface area contributed by atoms with Crippen LogP contribution in [0.5, 0.6) is 5.75 Å². The largest absolute Gasteiger partial charge is 0.508 e.